The molecule has 2 aromatic heterocycles. The number of thiophene rings is 1. The Bertz CT molecular complexity index is 1430. The molecule has 234 valence electrons. The van der Waals surface area contributed by atoms with Crippen molar-refractivity contribution in [3.63, 3.8) is 0 Å². The summed E-state index contributed by atoms with van der Waals surface area (Å²) in [5.74, 6) is -2.89. The van der Waals surface area contributed by atoms with Crippen LogP contribution in [0.15, 0.2) is 36.4 Å². The second-order valence-corrected chi connectivity index (χ2v) is 12.7. The van der Waals surface area contributed by atoms with Crippen molar-refractivity contribution in [1.29, 1.82) is 0 Å². The number of alkyl halides is 3. The number of nitrogens with zero attached hydrogens (tertiary/aromatic N) is 2. The summed E-state index contributed by atoms with van der Waals surface area (Å²) >= 11 is 1.37. The first kappa shape index (κ1) is 32.5. The van der Waals surface area contributed by atoms with Gasteiger partial charge in [0, 0.05) is 19.5 Å². The quantitative estimate of drug-likeness (QED) is 0.418. The average molecular weight is 622 g/mol. The fourth-order valence-corrected chi connectivity index (χ4v) is 7.51. The minimum absolute atomic E-state index is 0.0885. The Morgan fingerprint density at radius 1 is 1.09 bits per heavy atom. The number of carbonyl (C=O) groups excluding carboxylic acids is 2. The van der Waals surface area contributed by atoms with Crippen LogP contribution in [0.2, 0.25) is 0 Å². The molecule has 1 amide bonds. The molecule has 0 spiro atoms. The Balaban J connectivity index is 0.000000541. The molecule has 43 heavy (non-hydrogen) atoms. The smallest absolute Gasteiger partial charge is 0.430 e. The molecule has 5 rings (SSSR count). The summed E-state index contributed by atoms with van der Waals surface area (Å²) in [5.41, 5.74) is 4.34. The van der Waals surface area contributed by atoms with Crippen molar-refractivity contribution in [2.75, 3.05) is 33.7 Å². The van der Waals surface area contributed by atoms with Crippen LogP contribution in [0.4, 0.5) is 13.2 Å². The lowest BCUT2D eigenvalue weighted by molar-refractivity contribution is -0.888. The standard InChI is InChI=1S/C29H37N3O3S.C2HF3O2/c1-30-15-9-10-20(17-30)18-31(2)25(33)19-32-23-16-24(29(34)35)36-28(23)26(21-11-5-3-6-12-21)27(32)22-13-7-4-8-14-22;3-2(4,5)1(6)7/h4,7-8,13-14,16,20-21H,3,5-6,9-12,15,17-19H2,1-2H3,(H,34,35);(H,6,7). The SMILES string of the molecule is CN(CC1CCC[NH+](C)C1)C(=O)Cn1c(-c2ccccc2)c(C2CCCCC2)c2sc(C(=O)O)cc21.O=C([O-])C(F)(F)F. The van der Waals surface area contributed by atoms with E-state index in [1.165, 1.54) is 55.5 Å². The predicted octanol–water partition coefficient (Wildman–Crippen LogP) is 3.80. The Kier molecular flexibility index (Phi) is 10.5. The minimum Gasteiger partial charge on any atom is -0.542 e. The molecule has 0 radical (unpaired) electrons. The van der Waals surface area contributed by atoms with Crippen LogP contribution < -0.4 is 10.0 Å². The number of aromatic carboxylic acids is 1. The van der Waals surface area contributed by atoms with E-state index in [1.807, 2.05) is 30.1 Å². The van der Waals surface area contributed by atoms with Crippen molar-refractivity contribution < 1.29 is 42.7 Å². The van der Waals surface area contributed by atoms with Gasteiger partial charge in [0.2, 0.25) is 5.91 Å². The van der Waals surface area contributed by atoms with Gasteiger partial charge in [0.1, 0.15) is 17.4 Å². The lowest BCUT2D eigenvalue weighted by atomic mass is 9.83. The van der Waals surface area contributed by atoms with E-state index < -0.39 is 18.1 Å². The van der Waals surface area contributed by atoms with Crippen molar-refractivity contribution in [3.8, 4) is 11.3 Å². The van der Waals surface area contributed by atoms with Crippen molar-refractivity contribution >= 4 is 39.4 Å². The van der Waals surface area contributed by atoms with E-state index in [0.29, 0.717) is 16.7 Å². The van der Waals surface area contributed by atoms with Crippen molar-refractivity contribution in [2.24, 2.45) is 5.92 Å². The monoisotopic (exact) mass is 621 g/mol. The van der Waals surface area contributed by atoms with E-state index in [1.54, 1.807) is 11.0 Å². The number of quaternary nitrogens is 1. The third-order valence-electron chi connectivity index (χ3n) is 8.38. The van der Waals surface area contributed by atoms with Gasteiger partial charge >= 0.3 is 12.1 Å². The van der Waals surface area contributed by atoms with E-state index in [0.717, 1.165) is 47.4 Å². The number of aliphatic carboxylic acids is 1. The molecule has 2 atom stereocenters. The number of halogens is 3. The molecule has 2 aliphatic rings. The van der Waals surface area contributed by atoms with Crippen LogP contribution in [-0.2, 0) is 16.1 Å². The Morgan fingerprint density at radius 2 is 1.74 bits per heavy atom. The summed E-state index contributed by atoms with van der Waals surface area (Å²) in [6.45, 7) is 3.33. The first-order valence-electron chi connectivity index (χ1n) is 14.6. The van der Waals surface area contributed by atoms with E-state index in [4.69, 9.17) is 9.90 Å². The van der Waals surface area contributed by atoms with E-state index in [2.05, 4.69) is 23.7 Å². The first-order valence-corrected chi connectivity index (χ1v) is 15.5. The van der Waals surface area contributed by atoms with Gasteiger partial charge in [-0.15, -0.1) is 11.3 Å². The third-order valence-corrected chi connectivity index (χ3v) is 9.53. The third kappa shape index (κ3) is 7.97. The van der Waals surface area contributed by atoms with Gasteiger partial charge in [-0.1, -0.05) is 49.6 Å². The molecule has 1 aliphatic heterocycles. The predicted molar refractivity (Wildman–Crippen MR) is 156 cm³/mol. The fourth-order valence-electron chi connectivity index (χ4n) is 6.39. The number of hydrogen-bond donors (Lipinski definition) is 2. The van der Waals surface area contributed by atoms with Crippen LogP contribution >= 0.6 is 11.3 Å². The highest BCUT2D eigenvalue weighted by molar-refractivity contribution is 7.21. The van der Waals surface area contributed by atoms with Crippen LogP contribution in [0.3, 0.4) is 0 Å². The number of likely N-dealkylation sites (tertiary alicyclic amines) is 1. The maximum Gasteiger partial charge on any atom is 0.430 e. The van der Waals surface area contributed by atoms with E-state index in [9.17, 15) is 27.9 Å². The highest BCUT2D eigenvalue weighted by atomic mass is 32.1. The number of carboxylic acid groups (broad SMARTS) is 2. The zero-order valence-electron chi connectivity index (χ0n) is 24.4. The lowest BCUT2D eigenvalue weighted by Crippen LogP contribution is -3.10. The summed E-state index contributed by atoms with van der Waals surface area (Å²) in [4.78, 5) is 38.1. The molecule has 8 nitrogen and oxygen atoms in total. The van der Waals surface area contributed by atoms with Crippen LogP contribution in [0.25, 0.3) is 21.5 Å². The molecule has 2 unspecified atom stereocenters. The Labute approximate surface area is 252 Å². The van der Waals surface area contributed by atoms with Gasteiger partial charge in [0.15, 0.2) is 0 Å². The van der Waals surface area contributed by atoms with Gasteiger partial charge in [0.05, 0.1) is 36.0 Å². The number of rotatable bonds is 7. The second-order valence-electron chi connectivity index (χ2n) is 11.7. The first-order chi connectivity index (χ1) is 20.4. The molecular formula is C31H38F3N3O5S. The molecule has 1 saturated carbocycles. The minimum atomic E-state index is -5.19. The van der Waals surface area contributed by atoms with Crippen molar-refractivity contribution in [2.45, 2.75) is 63.6 Å². The molecule has 2 fully saturated rings. The van der Waals surface area contributed by atoms with Crippen LogP contribution in [-0.4, -0.2) is 72.3 Å². The number of piperidine rings is 1. The number of carboxylic acids is 2. The van der Waals surface area contributed by atoms with Gasteiger partial charge in [-0.2, -0.15) is 13.2 Å². The molecule has 1 aromatic carbocycles. The van der Waals surface area contributed by atoms with E-state index >= 15 is 0 Å². The van der Waals surface area contributed by atoms with Gasteiger partial charge in [-0.05, 0) is 48.8 Å². The van der Waals surface area contributed by atoms with Gasteiger partial charge in [-0.25, -0.2) is 4.79 Å². The van der Waals surface area contributed by atoms with Crippen LogP contribution in [0.5, 0.6) is 0 Å². The molecule has 12 heteroatoms. The number of carbonyl (C=O) groups is 3. The molecule has 1 aliphatic carbocycles. The molecule has 2 N–H and O–H groups in total. The van der Waals surface area contributed by atoms with Gasteiger partial charge in [0.25, 0.3) is 0 Å². The highest BCUT2D eigenvalue weighted by Gasteiger charge is 2.31. The number of fused-ring (bicyclic) bond motifs is 1. The van der Waals surface area contributed by atoms with Crippen LogP contribution in [0.1, 0.15) is 66.1 Å². The number of hydrogen-bond acceptors (Lipinski definition) is 5. The van der Waals surface area contributed by atoms with E-state index in [-0.39, 0.29) is 12.5 Å². The van der Waals surface area contributed by atoms with Crippen molar-refractivity contribution in [1.82, 2.24) is 9.47 Å². The normalized spacial score (nSPS) is 19.5. The maximum atomic E-state index is 13.6. The molecule has 1 saturated heterocycles. The lowest BCUT2D eigenvalue weighted by Gasteiger charge is -2.30. The van der Waals surface area contributed by atoms with Gasteiger partial charge < -0.3 is 29.4 Å². The summed E-state index contributed by atoms with van der Waals surface area (Å²) in [7, 11) is 4.16. The number of nitrogens with one attached hydrogen (secondary N) is 1. The Hall–Kier alpha value is -3.38. The zero-order chi connectivity index (χ0) is 31.3. The summed E-state index contributed by atoms with van der Waals surface area (Å²) in [5, 5.41) is 18.6. The number of benzene rings is 1. The zero-order valence-corrected chi connectivity index (χ0v) is 25.2. The molecular weight excluding hydrogens is 583 g/mol. The molecule has 3 aromatic rings. The highest BCUT2D eigenvalue weighted by Crippen LogP contribution is 2.46. The fraction of sp³-hybridized carbons (Fsp3) is 0.516. The van der Waals surface area contributed by atoms with Gasteiger partial charge in [-0.3, -0.25) is 4.79 Å². The summed E-state index contributed by atoms with van der Waals surface area (Å²) in [6, 6.07) is 12.1. The molecule has 0 bridgehead atoms. The topological polar surface area (TPSA) is 107 Å². The van der Waals surface area contributed by atoms with Crippen LogP contribution in [0, 0.1) is 5.92 Å². The molecule has 3 heterocycles. The number of amides is 1. The largest absolute Gasteiger partial charge is 0.542 e. The summed E-state index contributed by atoms with van der Waals surface area (Å²) in [6.07, 6.45) is 3.08. The van der Waals surface area contributed by atoms with Crippen molar-refractivity contribution in [3.05, 3.63) is 46.8 Å². The maximum absolute atomic E-state index is 13.6. The second kappa shape index (κ2) is 13.9. The number of aromatic nitrogens is 1. The summed E-state index contributed by atoms with van der Waals surface area (Å²) < 4.78 is 34.7. The number of likely N-dealkylation sites (N-methyl/N-ethyl adjacent to an activating group) is 1. The Morgan fingerprint density at radius 3 is 2.33 bits per heavy atom. The average Bonchev–Trinajstić information content (AvgIpc) is 3.52.